The number of nitrogens with zero attached hydrogens (tertiary/aromatic N) is 1. The molecule has 0 saturated heterocycles. The Kier molecular flexibility index (Phi) is 4.28. The molecule has 2 aromatic carbocycles. The number of amides is 1. The van der Waals surface area contributed by atoms with Gasteiger partial charge in [0.2, 0.25) is 0 Å². The van der Waals surface area contributed by atoms with Gasteiger partial charge in [0.15, 0.2) is 0 Å². The first-order valence-electron chi connectivity index (χ1n) is 6.03. The second kappa shape index (κ2) is 6.32. The number of nitriles is 1. The molecule has 0 aliphatic rings. The third-order valence-electron chi connectivity index (χ3n) is 2.82. The van der Waals surface area contributed by atoms with Gasteiger partial charge in [-0.3, -0.25) is 10.2 Å². The lowest BCUT2D eigenvalue weighted by molar-refractivity contribution is -0.117. The number of carbonyl (C=O) groups is 1. The first kappa shape index (κ1) is 13.5. The summed E-state index contributed by atoms with van der Waals surface area (Å²) < 4.78 is 0. The van der Waals surface area contributed by atoms with Gasteiger partial charge in [0.25, 0.3) is 5.91 Å². The van der Waals surface area contributed by atoms with Crippen LogP contribution in [0, 0.1) is 11.3 Å². The second-order valence-electron chi connectivity index (χ2n) is 4.13. The van der Waals surface area contributed by atoms with Gasteiger partial charge in [0.1, 0.15) is 11.6 Å². The van der Waals surface area contributed by atoms with Crippen LogP contribution in [-0.4, -0.2) is 5.91 Å². The van der Waals surface area contributed by atoms with E-state index in [1.54, 1.807) is 0 Å². The van der Waals surface area contributed by atoms with Gasteiger partial charge in [-0.15, -0.1) is 0 Å². The molecule has 0 saturated carbocycles. The minimum Gasteiger partial charge on any atom is -0.290 e. The number of hydrogen-bond acceptors (Lipinski definition) is 3. The van der Waals surface area contributed by atoms with Crippen LogP contribution in [-0.2, 0) is 4.79 Å². The maximum atomic E-state index is 11.3. The highest BCUT2D eigenvalue weighted by Gasteiger charge is 2.06. The molecule has 0 radical (unpaired) electrons. The van der Waals surface area contributed by atoms with Crippen LogP contribution >= 0.6 is 0 Å². The summed E-state index contributed by atoms with van der Waals surface area (Å²) in [4.78, 5) is 11.3. The van der Waals surface area contributed by atoms with Gasteiger partial charge < -0.3 is 0 Å². The van der Waals surface area contributed by atoms with E-state index in [-0.39, 0.29) is 5.57 Å². The first-order chi connectivity index (χ1) is 9.74. The van der Waals surface area contributed by atoms with Gasteiger partial charge in [-0.2, -0.15) is 5.26 Å². The highest BCUT2D eigenvalue weighted by Crippen LogP contribution is 2.20. The van der Waals surface area contributed by atoms with Gasteiger partial charge >= 0.3 is 0 Å². The molecular weight excluding hydrogens is 250 g/mol. The van der Waals surface area contributed by atoms with Crippen molar-refractivity contribution in [3.63, 3.8) is 0 Å². The lowest BCUT2D eigenvalue weighted by Crippen LogP contribution is -2.30. The fourth-order valence-corrected chi connectivity index (χ4v) is 1.80. The van der Waals surface area contributed by atoms with Gasteiger partial charge in [-0.05, 0) is 22.8 Å². The van der Waals surface area contributed by atoms with Crippen LogP contribution in [0.2, 0.25) is 0 Å². The Hall–Kier alpha value is -2.90. The number of nitrogens with one attached hydrogen (secondary N) is 1. The lowest BCUT2D eigenvalue weighted by atomic mass is 10.0. The summed E-state index contributed by atoms with van der Waals surface area (Å²) in [7, 11) is 0. The summed E-state index contributed by atoms with van der Waals surface area (Å²) in [5, 5.41) is 8.89. The Bertz CT molecular complexity index is 667. The number of hydrogen-bond donors (Lipinski definition) is 2. The first-order valence-corrected chi connectivity index (χ1v) is 6.03. The molecule has 0 aliphatic heterocycles. The van der Waals surface area contributed by atoms with E-state index in [9.17, 15) is 4.79 Å². The van der Waals surface area contributed by atoms with Crippen molar-refractivity contribution in [2.45, 2.75) is 0 Å². The van der Waals surface area contributed by atoms with Crippen molar-refractivity contribution < 1.29 is 4.79 Å². The van der Waals surface area contributed by atoms with Crippen molar-refractivity contribution in [3.05, 3.63) is 65.7 Å². The molecule has 0 aliphatic carbocycles. The molecule has 0 unspecified atom stereocenters. The quantitative estimate of drug-likeness (QED) is 0.293. The number of hydrazine groups is 1. The Morgan fingerprint density at radius 3 is 2.20 bits per heavy atom. The molecule has 0 aromatic heterocycles. The smallest absolute Gasteiger partial charge is 0.275 e. The largest absolute Gasteiger partial charge is 0.290 e. The van der Waals surface area contributed by atoms with Crippen LogP contribution < -0.4 is 11.3 Å². The van der Waals surface area contributed by atoms with E-state index >= 15 is 0 Å². The Morgan fingerprint density at radius 2 is 1.65 bits per heavy atom. The van der Waals surface area contributed by atoms with Crippen molar-refractivity contribution >= 4 is 12.0 Å². The molecule has 4 heteroatoms. The van der Waals surface area contributed by atoms with Crippen LogP contribution in [0.3, 0.4) is 0 Å². The Morgan fingerprint density at radius 1 is 1.05 bits per heavy atom. The van der Waals surface area contributed by atoms with Gasteiger partial charge in [-0.25, -0.2) is 5.84 Å². The van der Waals surface area contributed by atoms with Crippen LogP contribution in [0.4, 0.5) is 0 Å². The highest BCUT2D eigenvalue weighted by atomic mass is 16.2. The van der Waals surface area contributed by atoms with Crippen molar-refractivity contribution in [3.8, 4) is 17.2 Å². The van der Waals surface area contributed by atoms with E-state index in [0.29, 0.717) is 0 Å². The zero-order chi connectivity index (χ0) is 14.4. The molecular formula is C16H13N3O. The van der Waals surface area contributed by atoms with Crippen molar-refractivity contribution in [2.75, 3.05) is 0 Å². The fraction of sp³-hybridized carbons (Fsp3) is 0. The summed E-state index contributed by atoms with van der Waals surface area (Å²) in [6.07, 6.45) is 1.50. The Balaban J connectivity index is 2.27. The SMILES string of the molecule is N#CC(=Cc1ccc(-c2ccccc2)cc1)C(=O)NN. The molecule has 2 aromatic rings. The molecule has 0 fully saturated rings. The number of nitrogens with two attached hydrogens (primary N) is 1. The second-order valence-corrected chi connectivity index (χ2v) is 4.13. The minimum atomic E-state index is -0.598. The molecule has 0 atom stereocenters. The normalized spacial score (nSPS) is 10.7. The van der Waals surface area contributed by atoms with E-state index < -0.39 is 5.91 Å². The molecule has 98 valence electrons. The van der Waals surface area contributed by atoms with Crippen molar-refractivity contribution in [2.24, 2.45) is 5.84 Å². The summed E-state index contributed by atoms with van der Waals surface area (Å²) in [5.41, 5.74) is 4.87. The third-order valence-corrected chi connectivity index (χ3v) is 2.82. The predicted octanol–water partition coefficient (Wildman–Crippen LogP) is 2.25. The summed E-state index contributed by atoms with van der Waals surface area (Å²) in [6, 6.07) is 19.4. The number of rotatable bonds is 3. The molecule has 0 heterocycles. The van der Waals surface area contributed by atoms with Crippen molar-refractivity contribution in [1.82, 2.24) is 5.43 Å². The molecule has 2 rings (SSSR count). The standard InChI is InChI=1S/C16H13N3O/c17-11-15(16(20)19-18)10-12-6-8-14(9-7-12)13-4-2-1-3-5-13/h1-10H,18H2,(H,19,20). The summed E-state index contributed by atoms with van der Waals surface area (Å²) in [5.74, 6) is 4.41. The highest BCUT2D eigenvalue weighted by molar-refractivity contribution is 6.01. The van der Waals surface area contributed by atoms with Crippen molar-refractivity contribution in [1.29, 1.82) is 5.26 Å². The monoisotopic (exact) mass is 263 g/mol. The molecule has 1 amide bonds. The van der Waals surface area contributed by atoms with Gasteiger partial charge in [-0.1, -0.05) is 54.6 Å². The van der Waals surface area contributed by atoms with E-state index in [4.69, 9.17) is 11.1 Å². The fourth-order valence-electron chi connectivity index (χ4n) is 1.80. The van der Waals surface area contributed by atoms with Crippen LogP contribution in [0.1, 0.15) is 5.56 Å². The van der Waals surface area contributed by atoms with E-state index in [1.165, 1.54) is 6.08 Å². The topological polar surface area (TPSA) is 78.9 Å². The van der Waals surface area contributed by atoms with Crippen LogP contribution in [0.25, 0.3) is 17.2 Å². The van der Waals surface area contributed by atoms with Crippen LogP contribution in [0.15, 0.2) is 60.2 Å². The van der Waals surface area contributed by atoms with E-state index in [0.717, 1.165) is 16.7 Å². The average molecular weight is 263 g/mol. The number of benzene rings is 2. The Labute approximate surface area is 117 Å². The summed E-state index contributed by atoms with van der Waals surface area (Å²) >= 11 is 0. The maximum absolute atomic E-state index is 11.3. The van der Waals surface area contributed by atoms with E-state index in [1.807, 2.05) is 66.1 Å². The van der Waals surface area contributed by atoms with Gasteiger partial charge in [0, 0.05) is 0 Å². The molecule has 0 spiro atoms. The maximum Gasteiger partial charge on any atom is 0.275 e. The zero-order valence-corrected chi connectivity index (χ0v) is 10.7. The summed E-state index contributed by atoms with van der Waals surface area (Å²) in [6.45, 7) is 0. The molecule has 0 bridgehead atoms. The third kappa shape index (κ3) is 3.10. The number of carbonyl (C=O) groups excluding carboxylic acids is 1. The molecule has 4 nitrogen and oxygen atoms in total. The molecule has 20 heavy (non-hydrogen) atoms. The zero-order valence-electron chi connectivity index (χ0n) is 10.7. The average Bonchev–Trinajstić information content (AvgIpc) is 2.53. The lowest BCUT2D eigenvalue weighted by Gasteiger charge is -2.02. The van der Waals surface area contributed by atoms with E-state index in [2.05, 4.69) is 0 Å². The minimum absolute atomic E-state index is 0.0278. The molecule has 3 N–H and O–H groups in total. The van der Waals surface area contributed by atoms with Crippen LogP contribution in [0.5, 0.6) is 0 Å². The van der Waals surface area contributed by atoms with Gasteiger partial charge in [0.05, 0.1) is 0 Å². The predicted molar refractivity (Wildman–Crippen MR) is 77.8 cm³/mol.